The van der Waals surface area contributed by atoms with Crippen molar-refractivity contribution in [2.24, 2.45) is 16.5 Å². The molecule has 0 spiro atoms. The van der Waals surface area contributed by atoms with Gasteiger partial charge in [0.15, 0.2) is 5.96 Å². The van der Waals surface area contributed by atoms with E-state index < -0.39 is 5.82 Å². The van der Waals surface area contributed by atoms with Crippen LogP contribution in [0.5, 0.6) is 5.75 Å². The summed E-state index contributed by atoms with van der Waals surface area (Å²) >= 11 is 0. The van der Waals surface area contributed by atoms with Crippen LogP contribution in [-0.4, -0.2) is 13.1 Å². The number of ether oxygens (including phenoxy) is 1. The molecule has 0 heterocycles. The molecule has 0 saturated heterocycles. The SMILES string of the molecule is COc1cc(F)cc(N=C(N)N)c1N. The Kier molecular flexibility index (Phi) is 2.76. The van der Waals surface area contributed by atoms with Crippen LogP contribution >= 0.6 is 0 Å². The number of nitrogen functional groups attached to an aromatic ring is 1. The molecule has 0 aliphatic rings. The van der Waals surface area contributed by atoms with Gasteiger partial charge in [-0.15, -0.1) is 0 Å². The Morgan fingerprint density at radius 2 is 2.07 bits per heavy atom. The first-order valence-electron chi connectivity index (χ1n) is 3.77. The molecule has 0 bridgehead atoms. The summed E-state index contributed by atoms with van der Waals surface area (Å²) in [5.41, 5.74) is 16.2. The highest BCUT2D eigenvalue weighted by molar-refractivity contribution is 5.83. The number of guanidine groups is 1. The van der Waals surface area contributed by atoms with E-state index in [1.165, 1.54) is 7.11 Å². The lowest BCUT2D eigenvalue weighted by Gasteiger charge is -2.07. The van der Waals surface area contributed by atoms with E-state index in [1.807, 2.05) is 0 Å². The van der Waals surface area contributed by atoms with Crippen LogP contribution in [0.1, 0.15) is 0 Å². The van der Waals surface area contributed by atoms with Crippen molar-refractivity contribution in [1.29, 1.82) is 0 Å². The molecule has 0 amide bonds. The van der Waals surface area contributed by atoms with Crippen LogP contribution < -0.4 is 21.9 Å². The van der Waals surface area contributed by atoms with Crippen molar-refractivity contribution in [1.82, 2.24) is 0 Å². The number of rotatable bonds is 2. The summed E-state index contributed by atoms with van der Waals surface area (Å²) in [6.07, 6.45) is 0. The van der Waals surface area contributed by atoms with Gasteiger partial charge in [-0.05, 0) is 0 Å². The maximum atomic E-state index is 13.0. The normalized spacial score (nSPS) is 9.57. The second-order valence-electron chi connectivity index (χ2n) is 2.58. The van der Waals surface area contributed by atoms with E-state index in [-0.39, 0.29) is 23.1 Å². The van der Waals surface area contributed by atoms with E-state index in [1.54, 1.807) is 0 Å². The molecule has 1 rings (SSSR count). The third kappa shape index (κ3) is 2.03. The Hall–Kier alpha value is -1.98. The fourth-order valence-corrected chi connectivity index (χ4v) is 0.980. The van der Waals surface area contributed by atoms with Crippen LogP contribution in [0.25, 0.3) is 0 Å². The summed E-state index contributed by atoms with van der Waals surface area (Å²) in [4.78, 5) is 3.66. The Labute approximate surface area is 80.4 Å². The lowest BCUT2D eigenvalue weighted by molar-refractivity contribution is 0.413. The first kappa shape index (κ1) is 10.1. The predicted octanol–water partition coefficient (Wildman–Crippen LogP) is 0.321. The monoisotopic (exact) mass is 198 g/mol. The van der Waals surface area contributed by atoms with E-state index in [4.69, 9.17) is 21.9 Å². The zero-order chi connectivity index (χ0) is 10.7. The van der Waals surface area contributed by atoms with Gasteiger partial charge in [0.1, 0.15) is 17.3 Å². The molecule has 1 aromatic rings. The molecule has 6 N–H and O–H groups in total. The van der Waals surface area contributed by atoms with Gasteiger partial charge < -0.3 is 21.9 Å². The smallest absolute Gasteiger partial charge is 0.191 e. The molecule has 0 atom stereocenters. The number of nitrogens with two attached hydrogens (primary N) is 3. The number of anilines is 1. The summed E-state index contributed by atoms with van der Waals surface area (Å²) < 4.78 is 17.8. The topological polar surface area (TPSA) is 99.6 Å². The molecule has 14 heavy (non-hydrogen) atoms. The fraction of sp³-hybridized carbons (Fsp3) is 0.125. The minimum absolute atomic E-state index is 0.154. The van der Waals surface area contributed by atoms with Crippen molar-refractivity contribution in [3.05, 3.63) is 17.9 Å². The highest BCUT2D eigenvalue weighted by atomic mass is 19.1. The largest absolute Gasteiger partial charge is 0.494 e. The lowest BCUT2D eigenvalue weighted by atomic mass is 10.2. The molecular formula is C8H11FN4O. The van der Waals surface area contributed by atoms with Crippen LogP contribution in [0, 0.1) is 5.82 Å². The van der Waals surface area contributed by atoms with Crippen LogP contribution in [-0.2, 0) is 0 Å². The number of methoxy groups -OCH3 is 1. The van der Waals surface area contributed by atoms with Crippen molar-refractivity contribution in [3.8, 4) is 5.75 Å². The van der Waals surface area contributed by atoms with Crippen molar-refractivity contribution in [3.63, 3.8) is 0 Å². The fourth-order valence-electron chi connectivity index (χ4n) is 0.980. The Bertz CT molecular complexity index is 374. The number of halogens is 1. The molecule has 6 heteroatoms. The van der Waals surface area contributed by atoms with E-state index in [0.717, 1.165) is 12.1 Å². The van der Waals surface area contributed by atoms with Gasteiger partial charge in [-0.3, -0.25) is 0 Å². The number of hydrogen-bond donors (Lipinski definition) is 3. The van der Waals surface area contributed by atoms with E-state index in [9.17, 15) is 4.39 Å². The molecule has 0 aliphatic carbocycles. The molecule has 1 aromatic carbocycles. The average molecular weight is 198 g/mol. The van der Waals surface area contributed by atoms with Crippen molar-refractivity contribution in [2.45, 2.75) is 0 Å². The Balaban J connectivity index is 3.29. The highest BCUT2D eigenvalue weighted by Gasteiger charge is 2.07. The maximum Gasteiger partial charge on any atom is 0.191 e. The Morgan fingerprint density at radius 3 is 2.57 bits per heavy atom. The molecule has 0 aromatic heterocycles. The van der Waals surface area contributed by atoms with Crippen LogP contribution in [0.15, 0.2) is 17.1 Å². The van der Waals surface area contributed by atoms with Gasteiger partial charge in [-0.2, -0.15) is 0 Å². The van der Waals surface area contributed by atoms with Gasteiger partial charge >= 0.3 is 0 Å². The van der Waals surface area contributed by atoms with Crippen LogP contribution in [0.3, 0.4) is 0 Å². The van der Waals surface area contributed by atoms with Crippen molar-refractivity contribution in [2.75, 3.05) is 12.8 Å². The van der Waals surface area contributed by atoms with Gasteiger partial charge in [0.25, 0.3) is 0 Å². The first-order chi connectivity index (χ1) is 6.54. The minimum atomic E-state index is -0.518. The molecule has 0 radical (unpaired) electrons. The second kappa shape index (κ2) is 3.82. The Morgan fingerprint density at radius 1 is 1.43 bits per heavy atom. The minimum Gasteiger partial charge on any atom is -0.494 e. The van der Waals surface area contributed by atoms with Crippen LogP contribution in [0.2, 0.25) is 0 Å². The first-order valence-corrected chi connectivity index (χ1v) is 3.77. The quantitative estimate of drug-likeness (QED) is 0.362. The molecule has 0 saturated carbocycles. The molecule has 76 valence electrons. The lowest BCUT2D eigenvalue weighted by Crippen LogP contribution is -2.22. The summed E-state index contributed by atoms with van der Waals surface area (Å²) in [5.74, 6) is -0.509. The van der Waals surface area contributed by atoms with Crippen LogP contribution in [0.4, 0.5) is 15.8 Å². The number of hydrogen-bond acceptors (Lipinski definition) is 3. The van der Waals surface area contributed by atoms with E-state index >= 15 is 0 Å². The second-order valence-corrected chi connectivity index (χ2v) is 2.58. The summed E-state index contributed by atoms with van der Waals surface area (Å²) in [7, 11) is 1.38. The third-order valence-electron chi connectivity index (χ3n) is 1.55. The molecule has 0 unspecified atom stereocenters. The number of benzene rings is 1. The average Bonchev–Trinajstić information content (AvgIpc) is 2.09. The van der Waals surface area contributed by atoms with Gasteiger partial charge in [-0.1, -0.05) is 0 Å². The van der Waals surface area contributed by atoms with Gasteiger partial charge in [0.2, 0.25) is 0 Å². The summed E-state index contributed by atoms with van der Waals surface area (Å²) in [6.45, 7) is 0. The van der Waals surface area contributed by atoms with Crippen molar-refractivity contribution < 1.29 is 9.13 Å². The van der Waals surface area contributed by atoms with Gasteiger partial charge in [0.05, 0.1) is 12.8 Å². The zero-order valence-electron chi connectivity index (χ0n) is 7.62. The standard InChI is InChI=1S/C8H11FN4O/c1-14-6-3-4(9)2-5(7(6)10)13-8(11)12/h2-3H,10H2,1H3,(H4,11,12,13). The number of nitrogens with zero attached hydrogens (tertiary/aromatic N) is 1. The molecule has 5 nitrogen and oxygen atoms in total. The zero-order valence-corrected chi connectivity index (χ0v) is 7.62. The summed E-state index contributed by atoms with van der Waals surface area (Å²) in [6, 6.07) is 2.28. The van der Waals surface area contributed by atoms with Gasteiger partial charge in [0, 0.05) is 12.1 Å². The molecule has 0 fully saturated rings. The third-order valence-corrected chi connectivity index (χ3v) is 1.55. The van der Waals surface area contributed by atoms with Gasteiger partial charge in [-0.25, -0.2) is 9.38 Å². The van der Waals surface area contributed by atoms with E-state index in [0.29, 0.717) is 0 Å². The highest BCUT2D eigenvalue weighted by Crippen LogP contribution is 2.32. The van der Waals surface area contributed by atoms with Crippen molar-refractivity contribution >= 4 is 17.3 Å². The predicted molar refractivity (Wildman–Crippen MR) is 52.8 cm³/mol. The maximum absolute atomic E-state index is 13.0. The molecular weight excluding hydrogens is 187 g/mol. The van der Waals surface area contributed by atoms with E-state index in [2.05, 4.69) is 4.99 Å². The number of aliphatic imine (C=N–C) groups is 1. The molecule has 0 aliphatic heterocycles. The summed E-state index contributed by atoms with van der Waals surface area (Å²) in [5, 5.41) is 0.